The lowest BCUT2D eigenvalue weighted by atomic mass is 9.97. The second-order valence-electron chi connectivity index (χ2n) is 7.94. The molecular formula is C23H29BrN4O3. The van der Waals surface area contributed by atoms with Gasteiger partial charge < -0.3 is 15.0 Å². The Labute approximate surface area is 191 Å². The van der Waals surface area contributed by atoms with Crippen molar-refractivity contribution in [2.45, 2.75) is 45.6 Å². The summed E-state index contributed by atoms with van der Waals surface area (Å²) in [6.45, 7) is 7.10. The van der Waals surface area contributed by atoms with Crippen LogP contribution in [0.3, 0.4) is 0 Å². The zero-order valence-electron chi connectivity index (χ0n) is 18.4. The van der Waals surface area contributed by atoms with Crippen LogP contribution in [-0.2, 0) is 4.79 Å². The molecule has 0 aliphatic carbocycles. The number of urea groups is 1. The van der Waals surface area contributed by atoms with Gasteiger partial charge in [-0.25, -0.2) is 9.78 Å². The normalized spacial score (nSPS) is 14.5. The lowest BCUT2D eigenvalue weighted by Gasteiger charge is -2.39. The van der Waals surface area contributed by atoms with Gasteiger partial charge in [-0.3, -0.25) is 9.69 Å². The maximum Gasteiger partial charge on any atom is 0.326 e. The number of likely N-dealkylation sites (tertiary alicyclic amines) is 1. The number of rotatable bonds is 5. The number of aromatic nitrogens is 1. The topological polar surface area (TPSA) is 74.8 Å². The second kappa shape index (κ2) is 10.1. The molecule has 0 spiro atoms. The van der Waals surface area contributed by atoms with Crippen LogP contribution in [-0.4, -0.2) is 48.1 Å². The van der Waals surface area contributed by atoms with E-state index in [0.717, 1.165) is 24.1 Å². The van der Waals surface area contributed by atoms with E-state index in [1.165, 1.54) is 7.11 Å². The molecule has 0 saturated carbocycles. The van der Waals surface area contributed by atoms with Crippen molar-refractivity contribution >= 4 is 39.2 Å². The summed E-state index contributed by atoms with van der Waals surface area (Å²) in [5, 5.41) is 2.98. The lowest BCUT2D eigenvalue weighted by molar-refractivity contribution is -0.129. The minimum absolute atomic E-state index is 0.0232. The fourth-order valence-electron chi connectivity index (χ4n) is 3.95. The van der Waals surface area contributed by atoms with Crippen molar-refractivity contribution in [1.82, 2.24) is 9.88 Å². The quantitative estimate of drug-likeness (QED) is 0.599. The molecule has 0 bridgehead atoms. The molecule has 2 aromatic rings. The van der Waals surface area contributed by atoms with E-state index in [-0.39, 0.29) is 23.9 Å². The Balaban J connectivity index is 1.95. The van der Waals surface area contributed by atoms with Gasteiger partial charge in [-0.05, 0) is 58.5 Å². The number of hydrogen-bond acceptors (Lipinski definition) is 4. The standard InChI is InChI=1S/C23H29BrN4O3/c1-15(2)18-7-5-6-8-20(18)28(17-11-13-27(14-12-17)16(3)29)23(30)25-19-9-10-21(24)26-22(19)31-4/h5-10,15,17H,11-14H2,1-4H3,(H,25,30). The summed E-state index contributed by atoms with van der Waals surface area (Å²) in [5.41, 5.74) is 2.50. The highest BCUT2D eigenvalue weighted by molar-refractivity contribution is 9.10. The van der Waals surface area contributed by atoms with Gasteiger partial charge in [0.15, 0.2) is 0 Å². The van der Waals surface area contributed by atoms with E-state index in [0.29, 0.717) is 29.3 Å². The van der Waals surface area contributed by atoms with Gasteiger partial charge in [0.2, 0.25) is 11.8 Å². The van der Waals surface area contributed by atoms with Crippen molar-refractivity contribution in [3.8, 4) is 5.88 Å². The number of para-hydroxylation sites is 1. The molecule has 1 fully saturated rings. The first-order valence-electron chi connectivity index (χ1n) is 10.5. The van der Waals surface area contributed by atoms with Crippen molar-refractivity contribution in [1.29, 1.82) is 0 Å². The van der Waals surface area contributed by atoms with E-state index < -0.39 is 0 Å². The first-order chi connectivity index (χ1) is 14.8. The van der Waals surface area contributed by atoms with Crippen LogP contribution in [0.15, 0.2) is 41.0 Å². The molecule has 1 aliphatic rings. The summed E-state index contributed by atoms with van der Waals surface area (Å²) in [7, 11) is 1.52. The number of benzene rings is 1. The average Bonchev–Trinajstić information content (AvgIpc) is 2.75. The molecule has 1 aliphatic heterocycles. The molecular weight excluding hydrogens is 460 g/mol. The van der Waals surface area contributed by atoms with Crippen LogP contribution in [0.1, 0.15) is 45.1 Å². The molecule has 3 amide bonds. The number of nitrogens with one attached hydrogen (secondary N) is 1. The third-order valence-electron chi connectivity index (χ3n) is 5.57. The molecule has 0 atom stereocenters. The number of halogens is 1. The Bertz CT molecular complexity index is 942. The molecule has 1 N–H and O–H groups in total. The molecule has 0 unspecified atom stereocenters. The van der Waals surface area contributed by atoms with E-state index in [4.69, 9.17) is 4.74 Å². The van der Waals surface area contributed by atoms with Crippen LogP contribution in [0.4, 0.5) is 16.2 Å². The molecule has 3 rings (SSSR count). The summed E-state index contributed by atoms with van der Waals surface area (Å²) in [6.07, 6.45) is 1.43. The first kappa shape index (κ1) is 23.1. The Morgan fingerprint density at radius 3 is 2.48 bits per heavy atom. The number of carbonyl (C=O) groups is 2. The van der Waals surface area contributed by atoms with E-state index in [2.05, 4.69) is 46.1 Å². The molecule has 1 aromatic heterocycles. The number of hydrogen-bond donors (Lipinski definition) is 1. The monoisotopic (exact) mass is 488 g/mol. The van der Waals surface area contributed by atoms with Crippen molar-refractivity contribution in [2.24, 2.45) is 0 Å². The molecule has 1 aromatic carbocycles. The third kappa shape index (κ3) is 5.36. The number of nitrogens with zero attached hydrogens (tertiary/aromatic N) is 3. The smallest absolute Gasteiger partial charge is 0.326 e. The van der Waals surface area contributed by atoms with Gasteiger partial charge in [-0.2, -0.15) is 0 Å². The second-order valence-corrected chi connectivity index (χ2v) is 8.75. The maximum absolute atomic E-state index is 13.6. The Kier molecular flexibility index (Phi) is 7.54. The van der Waals surface area contributed by atoms with Crippen LogP contribution >= 0.6 is 15.9 Å². The zero-order chi connectivity index (χ0) is 22.5. The average molecular weight is 489 g/mol. The molecule has 8 heteroatoms. The van der Waals surface area contributed by atoms with Gasteiger partial charge in [0.1, 0.15) is 10.3 Å². The summed E-state index contributed by atoms with van der Waals surface area (Å²) in [5.74, 6) is 0.668. The number of amides is 3. The van der Waals surface area contributed by atoms with Crippen LogP contribution < -0.4 is 15.0 Å². The van der Waals surface area contributed by atoms with Crippen LogP contribution in [0.5, 0.6) is 5.88 Å². The van der Waals surface area contributed by atoms with E-state index in [9.17, 15) is 9.59 Å². The van der Waals surface area contributed by atoms with Gasteiger partial charge in [-0.15, -0.1) is 0 Å². The SMILES string of the molecule is COc1nc(Br)ccc1NC(=O)N(c1ccccc1C(C)C)C1CCN(C(C)=O)CC1. The summed E-state index contributed by atoms with van der Waals surface area (Å²) < 4.78 is 5.97. The van der Waals surface area contributed by atoms with Crippen molar-refractivity contribution < 1.29 is 14.3 Å². The predicted octanol–water partition coefficient (Wildman–Crippen LogP) is 5.03. The van der Waals surface area contributed by atoms with Crippen molar-refractivity contribution in [3.05, 3.63) is 46.6 Å². The lowest BCUT2D eigenvalue weighted by Crippen LogP contribution is -2.50. The van der Waals surface area contributed by atoms with Crippen molar-refractivity contribution in [2.75, 3.05) is 30.4 Å². The number of anilines is 2. The van der Waals surface area contributed by atoms with Gasteiger partial charge in [0, 0.05) is 31.7 Å². The molecule has 1 saturated heterocycles. The van der Waals surface area contributed by atoms with E-state index in [1.54, 1.807) is 19.1 Å². The summed E-state index contributed by atoms with van der Waals surface area (Å²) >= 11 is 3.33. The summed E-state index contributed by atoms with van der Waals surface area (Å²) in [4.78, 5) is 33.3. The number of pyridine rings is 1. The fourth-order valence-corrected chi connectivity index (χ4v) is 4.24. The molecule has 7 nitrogen and oxygen atoms in total. The predicted molar refractivity (Wildman–Crippen MR) is 126 cm³/mol. The zero-order valence-corrected chi connectivity index (χ0v) is 20.0. The molecule has 166 valence electrons. The van der Waals surface area contributed by atoms with Crippen LogP contribution in [0.2, 0.25) is 0 Å². The van der Waals surface area contributed by atoms with Crippen LogP contribution in [0.25, 0.3) is 0 Å². The highest BCUT2D eigenvalue weighted by atomic mass is 79.9. The molecule has 2 heterocycles. The van der Waals surface area contributed by atoms with Gasteiger partial charge in [0.05, 0.1) is 7.11 Å². The van der Waals surface area contributed by atoms with Crippen LogP contribution in [0, 0.1) is 0 Å². The maximum atomic E-state index is 13.6. The van der Waals surface area contributed by atoms with Gasteiger partial charge >= 0.3 is 6.03 Å². The number of methoxy groups -OCH3 is 1. The number of carbonyl (C=O) groups excluding carboxylic acids is 2. The first-order valence-corrected chi connectivity index (χ1v) is 11.3. The number of piperidine rings is 1. The highest BCUT2D eigenvalue weighted by Crippen LogP contribution is 2.33. The fraction of sp³-hybridized carbons (Fsp3) is 0.435. The Hall–Kier alpha value is -2.61. The highest BCUT2D eigenvalue weighted by Gasteiger charge is 2.32. The molecule has 0 radical (unpaired) electrons. The minimum atomic E-state index is -0.239. The Morgan fingerprint density at radius 1 is 1.19 bits per heavy atom. The molecule has 31 heavy (non-hydrogen) atoms. The van der Waals surface area contributed by atoms with E-state index >= 15 is 0 Å². The minimum Gasteiger partial charge on any atom is -0.479 e. The van der Waals surface area contributed by atoms with E-state index in [1.807, 2.05) is 28.0 Å². The van der Waals surface area contributed by atoms with Gasteiger partial charge in [-0.1, -0.05) is 32.0 Å². The number of ether oxygens (including phenoxy) is 1. The largest absolute Gasteiger partial charge is 0.479 e. The summed E-state index contributed by atoms with van der Waals surface area (Å²) in [6, 6.07) is 11.3. The Morgan fingerprint density at radius 2 is 1.87 bits per heavy atom. The third-order valence-corrected chi connectivity index (χ3v) is 6.01. The van der Waals surface area contributed by atoms with Gasteiger partial charge in [0.25, 0.3) is 0 Å². The van der Waals surface area contributed by atoms with Crippen molar-refractivity contribution in [3.63, 3.8) is 0 Å².